The Kier molecular flexibility index (Phi) is 11.4. The van der Waals surface area contributed by atoms with Crippen molar-refractivity contribution in [2.45, 2.75) is 50.3 Å². The van der Waals surface area contributed by atoms with Gasteiger partial charge in [0, 0.05) is 0 Å². The van der Waals surface area contributed by atoms with Crippen molar-refractivity contribution in [1.82, 2.24) is 0 Å². The van der Waals surface area contributed by atoms with Gasteiger partial charge in [0.1, 0.15) is 18.3 Å². The number of unbranched alkanes of at least 4 members (excludes halogenated alkanes) is 1. The lowest BCUT2D eigenvalue weighted by Crippen LogP contribution is -2.35. The number of nitrogens with zero attached hydrogens (tertiary/aromatic N) is 2. The van der Waals surface area contributed by atoms with E-state index in [1.807, 2.05) is 12.1 Å². The number of rotatable bonds is 14. The van der Waals surface area contributed by atoms with Gasteiger partial charge in [0.05, 0.1) is 51.4 Å². The molecule has 1 aliphatic rings. The van der Waals surface area contributed by atoms with Crippen LogP contribution in [0.25, 0.3) is 0 Å². The van der Waals surface area contributed by atoms with Crippen LogP contribution in [0, 0.1) is 22.7 Å². The molecule has 0 bridgehead atoms. The highest BCUT2D eigenvalue weighted by molar-refractivity contribution is 7.48. The molecule has 152 valence electrons. The van der Waals surface area contributed by atoms with E-state index >= 15 is 0 Å². The van der Waals surface area contributed by atoms with E-state index in [4.69, 9.17) is 33.6 Å². The molecule has 1 aliphatic heterocycles. The second kappa shape index (κ2) is 12.9. The second-order valence-electron chi connectivity index (χ2n) is 5.55. The van der Waals surface area contributed by atoms with Crippen LogP contribution in [0.4, 0.5) is 0 Å². The quantitative estimate of drug-likeness (QED) is 0.247. The number of phosphoric ester groups is 1. The normalized spacial score (nSPS) is 25.0. The minimum Gasteiger partial charge on any atom is -0.387 e. The van der Waals surface area contributed by atoms with Crippen molar-refractivity contribution in [3.05, 3.63) is 12.7 Å². The summed E-state index contributed by atoms with van der Waals surface area (Å²) < 4.78 is 38.4. The Hall–Kier alpha value is -1.33. The molecule has 1 saturated heterocycles. The van der Waals surface area contributed by atoms with Crippen LogP contribution in [0.2, 0.25) is 0 Å². The van der Waals surface area contributed by atoms with E-state index in [9.17, 15) is 14.8 Å². The van der Waals surface area contributed by atoms with Crippen molar-refractivity contribution in [2.24, 2.45) is 0 Å². The summed E-state index contributed by atoms with van der Waals surface area (Å²) in [6, 6.07) is 3.64. The Balaban J connectivity index is 2.54. The molecule has 27 heavy (non-hydrogen) atoms. The number of ether oxygens (including phenoxy) is 2. The molecule has 0 spiro atoms. The van der Waals surface area contributed by atoms with Gasteiger partial charge in [0.25, 0.3) is 0 Å². The standard InChI is InChI=1S/C16H25N2O8P/c1-2-3-4-9-22-16-15(20)14(19)13(26-16)12-25-27(21,23-10-5-7-17)24-11-6-8-18/h2,13-16,19-20H,1,3-6,9-12H2/t13-,14-,15-,16+/m1/s1. The predicted molar refractivity (Wildman–Crippen MR) is 92.0 cm³/mol. The highest BCUT2D eigenvalue weighted by Gasteiger charge is 2.44. The van der Waals surface area contributed by atoms with Crippen molar-refractivity contribution < 1.29 is 37.8 Å². The summed E-state index contributed by atoms with van der Waals surface area (Å²) >= 11 is 0. The first kappa shape index (κ1) is 23.7. The van der Waals surface area contributed by atoms with E-state index in [1.54, 1.807) is 6.08 Å². The van der Waals surface area contributed by atoms with Crippen molar-refractivity contribution in [3.8, 4) is 12.1 Å². The molecule has 2 N–H and O–H groups in total. The summed E-state index contributed by atoms with van der Waals surface area (Å²) in [6.45, 7) is 3.12. The first-order valence-electron chi connectivity index (χ1n) is 8.49. The van der Waals surface area contributed by atoms with E-state index in [2.05, 4.69) is 6.58 Å². The van der Waals surface area contributed by atoms with Gasteiger partial charge in [-0.2, -0.15) is 10.5 Å². The molecule has 0 amide bonds. The van der Waals surface area contributed by atoms with E-state index in [-0.39, 0.29) is 26.1 Å². The molecule has 0 unspecified atom stereocenters. The van der Waals surface area contributed by atoms with Crippen LogP contribution in [-0.2, 0) is 27.6 Å². The number of hydrogen-bond donors (Lipinski definition) is 2. The van der Waals surface area contributed by atoms with Gasteiger partial charge in [-0.3, -0.25) is 13.6 Å². The fourth-order valence-electron chi connectivity index (χ4n) is 2.10. The van der Waals surface area contributed by atoms with Gasteiger partial charge < -0.3 is 19.7 Å². The summed E-state index contributed by atoms with van der Waals surface area (Å²) in [6.07, 6.45) is -1.58. The van der Waals surface area contributed by atoms with Crippen LogP contribution in [-0.4, -0.2) is 61.2 Å². The number of aliphatic hydroxyl groups excluding tert-OH is 2. The second-order valence-corrected chi connectivity index (χ2v) is 7.22. The lowest BCUT2D eigenvalue weighted by molar-refractivity contribution is -0.169. The van der Waals surface area contributed by atoms with E-state index < -0.39 is 39.0 Å². The van der Waals surface area contributed by atoms with Gasteiger partial charge in [-0.15, -0.1) is 6.58 Å². The molecule has 11 heteroatoms. The van der Waals surface area contributed by atoms with Crippen LogP contribution in [0.1, 0.15) is 25.7 Å². The monoisotopic (exact) mass is 404 g/mol. The molecular formula is C16H25N2O8P. The zero-order valence-electron chi connectivity index (χ0n) is 14.9. The van der Waals surface area contributed by atoms with Gasteiger partial charge in [0.15, 0.2) is 6.29 Å². The van der Waals surface area contributed by atoms with Crippen LogP contribution in [0.3, 0.4) is 0 Å². The van der Waals surface area contributed by atoms with Crippen LogP contribution < -0.4 is 0 Å². The number of nitriles is 2. The molecule has 0 aromatic rings. The van der Waals surface area contributed by atoms with Crippen LogP contribution >= 0.6 is 7.82 Å². The molecule has 0 saturated carbocycles. The lowest BCUT2D eigenvalue weighted by atomic mass is 10.1. The predicted octanol–water partition coefficient (Wildman–Crippen LogP) is 1.40. The maximum absolute atomic E-state index is 12.5. The van der Waals surface area contributed by atoms with Gasteiger partial charge in [-0.05, 0) is 12.8 Å². The third kappa shape index (κ3) is 8.48. The smallest absolute Gasteiger partial charge is 0.387 e. The van der Waals surface area contributed by atoms with E-state index in [1.165, 1.54) is 0 Å². The molecule has 0 aromatic carbocycles. The Labute approximate surface area is 158 Å². The third-order valence-electron chi connectivity index (χ3n) is 3.48. The van der Waals surface area contributed by atoms with Crippen molar-refractivity contribution >= 4 is 7.82 Å². The summed E-state index contributed by atoms with van der Waals surface area (Å²) in [7, 11) is -4.05. The summed E-state index contributed by atoms with van der Waals surface area (Å²) in [5.74, 6) is 0. The topological polar surface area (TPSA) is 151 Å². The van der Waals surface area contributed by atoms with Crippen molar-refractivity contribution in [2.75, 3.05) is 26.4 Å². The maximum atomic E-state index is 12.5. The lowest BCUT2D eigenvalue weighted by Gasteiger charge is -2.20. The average molecular weight is 404 g/mol. The van der Waals surface area contributed by atoms with Gasteiger partial charge in [-0.1, -0.05) is 6.08 Å². The average Bonchev–Trinajstić information content (AvgIpc) is 2.92. The van der Waals surface area contributed by atoms with Gasteiger partial charge >= 0.3 is 7.82 Å². The molecule has 1 heterocycles. The zero-order valence-corrected chi connectivity index (χ0v) is 15.8. The Bertz CT molecular complexity index is 552. The van der Waals surface area contributed by atoms with Crippen LogP contribution in [0.15, 0.2) is 12.7 Å². The number of hydrogen-bond acceptors (Lipinski definition) is 10. The van der Waals surface area contributed by atoms with Gasteiger partial charge in [-0.25, -0.2) is 4.57 Å². The van der Waals surface area contributed by atoms with E-state index in [0.717, 1.165) is 6.42 Å². The SMILES string of the molecule is C=CCCCO[C@H]1O[C@H](COP(=O)(OCCC#N)OCCC#N)[C@@H](O)[C@H]1O. The summed E-state index contributed by atoms with van der Waals surface area (Å²) in [4.78, 5) is 0. The fourth-order valence-corrected chi connectivity index (χ4v) is 3.28. The minimum atomic E-state index is -4.05. The molecule has 10 nitrogen and oxygen atoms in total. The van der Waals surface area contributed by atoms with Crippen LogP contribution in [0.5, 0.6) is 0 Å². The number of aliphatic hydroxyl groups is 2. The highest BCUT2D eigenvalue weighted by atomic mass is 31.2. The molecule has 1 fully saturated rings. The molecule has 0 aromatic heterocycles. The van der Waals surface area contributed by atoms with Gasteiger partial charge in [0.2, 0.25) is 0 Å². The minimum absolute atomic E-state index is 0.0309. The molecular weight excluding hydrogens is 379 g/mol. The zero-order chi connectivity index (χ0) is 20.1. The third-order valence-corrected chi connectivity index (χ3v) is 4.94. The largest absolute Gasteiger partial charge is 0.474 e. The Morgan fingerprint density at radius 1 is 1.07 bits per heavy atom. The van der Waals surface area contributed by atoms with Crippen molar-refractivity contribution in [3.63, 3.8) is 0 Å². The molecule has 0 radical (unpaired) electrons. The highest BCUT2D eigenvalue weighted by Crippen LogP contribution is 2.50. The van der Waals surface area contributed by atoms with E-state index in [0.29, 0.717) is 13.0 Å². The number of phosphoric acid groups is 1. The Morgan fingerprint density at radius 3 is 2.26 bits per heavy atom. The first-order chi connectivity index (χ1) is 13.0. The molecule has 1 rings (SSSR count). The van der Waals surface area contributed by atoms with Crippen molar-refractivity contribution in [1.29, 1.82) is 10.5 Å². The first-order valence-corrected chi connectivity index (χ1v) is 9.95. The Morgan fingerprint density at radius 2 is 1.70 bits per heavy atom. The molecule has 0 aliphatic carbocycles. The maximum Gasteiger partial charge on any atom is 0.474 e. The summed E-state index contributed by atoms with van der Waals surface area (Å²) in [5, 5.41) is 37.1. The fraction of sp³-hybridized carbons (Fsp3) is 0.750. The summed E-state index contributed by atoms with van der Waals surface area (Å²) in [5.41, 5.74) is 0. The molecule has 4 atom stereocenters. The number of allylic oxidation sites excluding steroid dienone is 1.